The van der Waals surface area contributed by atoms with E-state index in [4.69, 9.17) is 4.42 Å². The molecule has 2 N–H and O–H groups in total. The molecule has 0 aliphatic heterocycles. The molecule has 9 heteroatoms. The van der Waals surface area contributed by atoms with Crippen LogP contribution in [0.2, 0.25) is 0 Å². The highest BCUT2D eigenvalue weighted by Crippen LogP contribution is 2.30. The van der Waals surface area contributed by atoms with E-state index in [-0.39, 0.29) is 30.2 Å². The van der Waals surface area contributed by atoms with Gasteiger partial charge in [0.15, 0.2) is 11.0 Å². The smallest absolute Gasteiger partial charge is 0.239 e. The summed E-state index contributed by atoms with van der Waals surface area (Å²) in [6, 6.07) is 11.5. The third kappa shape index (κ3) is 5.26. The van der Waals surface area contributed by atoms with Gasteiger partial charge in [0.2, 0.25) is 11.8 Å². The Kier molecular flexibility index (Phi) is 6.71. The number of aryl methyl sites for hydroxylation is 1. The van der Waals surface area contributed by atoms with E-state index in [1.165, 1.54) is 11.8 Å². The Morgan fingerprint density at radius 1 is 1.14 bits per heavy atom. The van der Waals surface area contributed by atoms with Crippen molar-refractivity contribution in [2.24, 2.45) is 0 Å². The molecule has 152 valence electrons. The number of rotatable bonds is 8. The largest absolute Gasteiger partial charge is 0.469 e. The molecule has 0 saturated heterocycles. The lowest BCUT2D eigenvalue weighted by molar-refractivity contribution is -0.125. The van der Waals surface area contributed by atoms with Crippen molar-refractivity contribution >= 4 is 23.6 Å². The highest BCUT2D eigenvalue weighted by atomic mass is 32.2. The van der Waals surface area contributed by atoms with Crippen molar-refractivity contribution in [3.8, 4) is 17.1 Å². The fourth-order valence-corrected chi connectivity index (χ4v) is 3.48. The Morgan fingerprint density at radius 2 is 1.90 bits per heavy atom. The Morgan fingerprint density at radius 3 is 2.55 bits per heavy atom. The SMILES string of the molecule is Cc1occc1-c1nnc(SCC(=O)NCC(=O)NC(C)C)n1-c1ccccc1. The normalized spacial score (nSPS) is 10.9. The third-order valence-corrected chi connectivity index (χ3v) is 4.90. The molecule has 0 radical (unpaired) electrons. The molecule has 3 aromatic rings. The maximum Gasteiger partial charge on any atom is 0.239 e. The van der Waals surface area contributed by atoms with Gasteiger partial charge in [-0.3, -0.25) is 14.2 Å². The summed E-state index contributed by atoms with van der Waals surface area (Å²) in [5.74, 6) is 1.02. The fourth-order valence-electron chi connectivity index (χ4n) is 2.70. The van der Waals surface area contributed by atoms with Gasteiger partial charge in [-0.1, -0.05) is 30.0 Å². The first-order chi connectivity index (χ1) is 14.0. The van der Waals surface area contributed by atoms with Gasteiger partial charge in [0.1, 0.15) is 5.76 Å². The van der Waals surface area contributed by atoms with Gasteiger partial charge in [-0.2, -0.15) is 0 Å². The van der Waals surface area contributed by atoms with Crippen LogP contribution < -0.4 is 10.6 Å². The average molecular weight is 414 g/mol. The van der Waals surface area contributed by atoms with Crippen molar-refractivity contribution < 1.29 is 14.0 Å². The third-order valence-electron chi connectivity index (χ3n) is 3.98. The molecule has 29 heavy (non-hydrogen) atoms. The standard InChI is InChI=1S/C20H23N5O3S/c1-13(2)22-17(26)11-21-18(27)12-29-20-24-23-19(16-9-10-28-14(16)3)25(20)15-7-5-4-6-8-15/h4-10,13H,11-12H2,1-3H3,(H,21,27)(H,22,26). The number of thioether (sulfide) groups is 1. The zero-order valence-corrected chi connectivity index (χ0v) is 17.3. The van der Waals surface area contributed by atoms with Gasteiger partial charge in [-0.05, 0) is 39.0 Å². The molecular weight excluding hydrogens is 390 g/mol. The van der Waals surface area contributed by atoms with Gasteiger partial charge in [0, 0.05) is 11.7 Å². The summed E-state index contributed by atoms with van der Waals surface area (Å²) in [4.78, 5) is 23.8. The first-order valence-electron chi connectivity index (χ1n) is 9.20. The lowest BCUT2D eigenvalue weighted by atomic mass is 10.2. The molecule has 1 aromatic carbocycles. The van der Waals surface area contributed by atoms with Crippen molar-refractivity contribution in [2.75, 3.05) is 12.3 Å². The molecule has 0 fully saturated rings. The number of hydrogen-bond acceptors (Lipinski definition) is 6. The van der Waals surface area contributed by atoms with Crippen molar-refractivity contribution in [2.45, 2.75) is 32.0 Å². The summed E-state index contributed by atoms with van der Waals surface area (Å²) >= 11 is 1.25. The second-order valence-electron chi connectivity index (χ2n) is 6.66. The highest BCUT2D eigenvalue weighted by molar-refractivity contribution is 7.99. The van der Waals surface area contributed by atoms with Crippen LogP contribution in [0.15, 0.2) is 52.2 Å². The van der Waals surface area contributed by atoms with E-state index in [0.717, 1.165) is 17.0 Å². The minimum atomic E-state index is -0.252. The summed E-state index contributed by atoms with van der Waals surface area (Å²) in [5.41, 5.74) is 1.72. The Labute approximate surface area is 173 Å². The Bertz CT molecular complexity index is 981. The molecular formula is C20H23N5O3S. The molecule has 0 saturated carbocycles. The van der Waals surface area contributed by atoms with Crippen LogP contribution in [0.1, 0.15) is 19.6 Å². The van der Waals surface area contributed by atoms with Crippen molar-refractivity contribution in [1.82, 2.24) is 25.4 Å². The number of carbonyl (C=O) groups excluding carboxylic acids is 2. The lowest BCUT2D eigenvalue weighted by Gasteiger charge is -2.10. The van der Waals surface area contributed by atoms with Crippen LogP contribution >= 0.6 is 11.8 Å². The predicted octanol–water partition coefficient (Wildman–Crippen LogP) is 2.57. The maximum atomic E-state index is 12.2. The molecule has 2 aromatic heterocycles. The van der Waals surface area contributed by atoms with Crippen LogP contribution in [0.5, 0.6) is 0 Å². The molecule has 3 rings (SSSR count). The number of hydrogen-bond donors (Lipinski definition) is 2. The predicted molar refractivity (Wildman–Crippen MR) is 111 cm³/mol. The zero-order chi connectivity index (χ0) is 20.8. The van der Waals surface area contributed by atoms with E-state index in [9.17, 15) is 9.59 Å². The summed E-state index contributed by atoms with van der Waals surface area (Å²) in [5, 5.41) is 14.5. The number of aromatic nitrogens is 3. The van der Waals surface area contributed by atoms with E-state index in [0.29, 0.717) is 11.0 Å². The van der Waals surface area contributed by atoms with Gasteiger partial charge in [0.05, 0.1) is 24.1 Å². The van der Waals surface area contributed by atoms with Gasteiger partial charge in [-0.15, -0.1) is 10.2 Å². The first kappa shape index (κ1) is 20.7. The van der Waals surface area contributed by atoms with E-state index in [2.05, 4.69) is 20.8 Å². The van der Waals surface area contributed by atoms with E-state index < -0.39 is 0 Å². The van der Waals surface area contributed by atoms with Gasteiger partial charge < -0.3 is 15.1 Å². The minimum Gasteiger partial charge on any atom is -0.469 e. The maximum absolute atomic E-state index is 12.2. The topological polar surface area (TPSA) is 102 Å². The van der Waals surface area contributed by atoms with Crippen LogP contribution in [0.4, 0.5) is 0 Å². The summed E-state index contributed by atoms with van der Waals surface area (Å²) < 4.78 is 7.30. The van der Waals surface area contributed by atoms with E-state index in [1.807, 2.05) is 61.7 Å². The number of benzene rings is 1. The number of nitrogens with one attached hydrogen (secondary N) is 2. The second kappa shape index (κ2) is 9.42. The molecule has 2 amide bonds. The summed E-state index contributed by atoms with van der Waals surface area (Å²) in [6.45, 7) is 5.54. The Balaban J connectivity index is 1.75. The zero-order valence-electron chi connectivity index (χ0n) is 16.5. The van der Waals surface area contributed by atoms with Crippen LogP contribution in [0.3, 0.4) is 0 Å². The fraction of sp³-hybridized carbons (Fsp3) is 0.300. The molecule has 2 heterocycles. The van der Waals surface area contributed by atoms with Crippen LogP contribution in [-0.2, 0) is 9.59 Å². The van der Waals surface area contributed by atoms with Crippen LogP contribution in [-0.4, -0.2) is 44.9 Å². The van der Waals surface area contributed by atoms with Crippen molar-refractivity contribution in [3.63, 3.8) is 0 Å². The Hall–Kier alpha value is -3.07. The molecule has 0 unspecified atom stereocenters. The molecule has 0 aliphatic rings. The van der Waals surface area contributed by atoms with E-state index >= 15 is 0 Å². The molecule has 0 bridgehead atoms. The summed E-state index contributed by atoms with van der Waals surface area (Å²) in [6.07, 6.45) is 1.61. The van der Waals surface area contributed by atoms with Crippen LogP contribution in [0, 0.1) is 6.92 Å². The average Bonchev–Trinajstić information content (AvgIpc) is 3.30. The monoisotopic (exact) mass is 413 g/mol. The van der Waals surface area contributed by atoms with Gasteiger partial charge in [0.25, 0.3) is 0 Å². The summed E-state index contributed by atoms with van der Waals surface area (Å²) in [7, 11) is 0. The number of furan rings is 1. The molecule has 8 nitrogen and oxygen atoms in total. The van der Waals surface area contributed by atoms with Gasteiger partial charge in [-0.25, -0.2) is 0 Å². The molecule has 0 atom stereocenters. The lowest BCUT2D eigenvalue weighted by Crippen LogP contribution is -2.40. The van der Waals surface area contributed by atoms with E-state index in [1.54, 1.807) is 6.26 Å². The van der Waals surface area contributed by atoms with Crippen LogP contribution in [0.25, 0.3) is 17.1 Å². The quantitative estimate of drug-likeness (QED) is 0.551. The number of amides is 2. The molecule has 0 spiro atoms. The van der Waals surface area contributed by atoms with Gasteiger partial charge >= 0.3 is 0 Å². The number of carbonyl (C=O) groups is 2. The van der Waals surface area contributed by atoms with Crippen molar-refractivity contribution in [1.29, 1.82) is 0 Å². The molecule has 0 aliphatic carbocycles. The second-order valence-corrected chi connectivity index (χ2v) is 7.60. The number of nitrogens with zero attached hydrogens (tertiary/aromatic N) is 3. The van der Waals surface area contributed by atoms with Crippen molar-refractivity contribution in [3.05, 3.63) is 48.4 Å². The first-order valence-corrected chi connectivity index (χ1v) is 10.2. The minimum absolute atomic E-state index is 0.0306. The number of para-hydroxylation sites is 1. The highest BCUT2D eigenvalue weighted by Gasteiger charge is 2.19.